The topological polar surface area (TPSA) is 72.5 Å². The van der Waals surface area contributed by atoms with Gasteiger partial charge in [0.05, 0.1) is 6.61 Å². The Bertz CT molecular complexity index is 907. The Balaban J connectivity index is 1.95. The molecule has 0 saturated carbocycles. The summed E-state index contributed by atoms with van der Waals surface area (Å²) >= 11 is 0. The molecule has 3 N–H and O–H groups in total. The van der Waals surface area contributed by atoms with Crippen LogP contribution in [-0.2, 0) is 15.1 Å². The van der Waals surface area contributed by atoms with Gasteiger partial charge in [-0.15, -0.1) is 0 Å². The van der Waals surface area contributed by atoms with Gasteiger partial charge in [-0.25, -0.2) is 0 Å². The molecule has 0 aliphatic heterocycles. The van der Waals surface area contributed by atoms with Crippen molar-refractivity contribution in [3.05, 3.63) is 95.6 Å². The van der Waals surface area contributed by atoms with E-state index in [-0.39, 0.29) is 6.61 Å². The Kier molecular flexibility index (Phi) is 4.07. The fraction of sp³-hybridized carbons (Fsp3) is 0.136. The molecule has 26 heavy (non-hydrogen) atoms. The van der Waals surface area contributed by atoms with Crippen molar-refractivity contribution in [2.45, 2.75) is 11.6 Å². The van der Waals surface area contributed by atoms with Crippen molar-refractivity contribution in [3.8, 4) is 11.1 Å². The molecule has 4 rings (SSSR count). The second kappa shape index (κ2) is 6.41. The van der Waals surface area contributed by atoms with Crippen LogP contribution in [0.15, 0.2) is 78.9 Å². The fourth-order valence-electron chi connectivity index (χ4n) is 3.70. The molecule has 1 aliphatic carbocycles. The maximum absolute atomic E-state index is 11.2. The third-order valence-electron chi connectivity index (χ3n) is 4.88. The van der Waals surface area contributed by atoms with E-state index >= 15 is 0 Å². The van der Waals surface area contributed by atoms with Crippen molar-refractivity contribution in [1.29, 1.82) is 0 Å². The molecule has 0 aromatic heterocycles. The van der Waals surface area contributed by atoms with Crippen molar-refractivity contribution >= 4 is 5.97 Å². The standard InChI is InChI=1S/C22H19NO3/c23-20(21(24)25)14-26-22(15-8-2-1-3-9-15)18-12-6-4-10-16(18)17-11-5-7-13-19(17)22/h1-13,20H,14,23H2,(H,24,25)/t20-/m1/s1. The molecular weight excluding hydrogens is 326 g/mol. The Morgan fingerprint density at radius 1 is 0.885 bits per heavy atom. The van der Waals surface area contributed by atoms with Crippen molar-refractivity contribution in [2.24, 2.45) is 5.73 Å². The number of carboxylic acids is 1. The number of rotatable bonds is 5. The molecule has 0 unspecified atom stereocenters. The Morgan fingerprint density at radius 3 is 1.92 bits per heavy atom. The smallest absolute Gasteiger partial charge is 0.322 e. The number of ether oxygens (including phenoxy) is 1. The summed E-state index contributed by atoms with van der Waals surface area (Å²) in [6.07, 6.45) is 0. The first-order valence-corrected chi connectivity index (χ1v) is 8.52. The van der Waals surface area contributed by atoms with Gasteiger partial charge in [0, 0.05) is 11.1 Å². The number of nitrogens with two attached hydrogens (primary N) is 1. The first-order chi connectivity index (χ1) is 12.6. The lowest BCUT2D eigenvalue weighted by molar-refractivity contribution is -0.141. The second-order valence-corrected chi connectivity index (χ2v) is 6.39. The van der Waals surface area contributed by atoms with E-state index in [0.717, 1.165) is 27.8 Å². The number of hydrogen-bond acceptors (Lipinski definition) is 3. The zero-order chi connectivity index (χ0) is 18.1. The SMILES string of the molecule is N[C@H](COC1(c2ccccc2)c2ccccc2-c2ccccc21)C(=O)O. The van der Waals surface area contributed by atoms with Gasteiger partial charge in [-0.05, 0) is 16.7 Å². The van der Waals surface area contributed by atoms with Gasteiger partial charge in [0.1, 0.15) is 11.6 Å². The second-order valence-electron chi connectivity index (χ2n) is 6.39. The van der Waals surface area contributed by atoms with Crippen LogP contribution in [0, 0.1) is 0 Å². The van der Waals surface area contributed by atoms with Crippen LogP contribution >= 0.6 is 0 Å². The molecule has 3 aromatic rings. The van der Waals surface area contributed by atoms with E-state index < -0.39 is 17.6 Å². The highest BCUT2D eigenvalue weighted by molar-refractivity contribution is 5.82. The monoisotopic (exact) mass is 345 g/mol. The van der Waals surface area contributed by atoms with Crippen LogP contribution in [0.1, 0.15) is 16.7 Å². The van der Waals surface area contributed by atoms with E-state index in [1.807, 2.05) is 66.7 Å². The van der Waals surface area contributed by atoms with Gasteiger partial charge in [-0.3, -0.25) is 4.79 Å². The van der Waals surface area contributed by atoms with Gasteiger partial charge in [0.25, 0.3) is 0 Å². The van der Waals surface area contributed by atoms with Crippen molar-refractivity contribution in [3.63, 3.8) is 0 Å². The van der Waals surface area contributed by atoms with Gasteiger partial charge in [-0.2, -0.15) is 0 Å². The quantitative estimate of drug-likeness (QED) is 0.743. The average molecular weight is 345 g/mol. The van der Waals surface area contributed by atoms with Gasteiger partial charge >= 0.3 is 5.97 Å². The highest BCUT2D eigenvalue weighted by Crippen LogP contribution is 2.52. The maximum atomic E-state index is 11.2. The predicted octanol–water partition coefficient (Wildman–Crippen LogP) is 3.39. The molecular formula is C22H19NO3. The zero-order valence-corrected chi connectivity index (χ0v) is 14.1. The molecule has 0 saturated heterocycles. The van der Waals surface area contributed by atoms with Crippen LogP contribution in [0.3, 0.4) is 0 Å². The maximum Gasteiger partial charge on any atom is 0.322 e. The molecule has 130 valence electrons. The molecule has 0 bridgehead atoms. The molecule has 0 amide bonds. The minimum absolute atomic E-state index is 0.0904. The van der Waals surface area contributed by atoms with E-state index in [0.29, 0.717) is 0 Å². The molecule has 4 nitrogen and oxygen atoms in total. The van der Waals surface area contributed by atoms with Gasteiger partial charge in [0.15, 0.2) is 0 Å². The molecule has 0 spiro atoms. The van der Waals surface area contributed by atoms with Gasteiger partial charge in [0.2, 0.25) is 0 Å². The van der Waals surface area contributed by atoms with Crippen molar-refractivity contribution in [1.82, 2.24) is 0 Å². The number of aliphatic carboxylic acids is 1. The van der Waals surface area contributed by atoms with Crippen molar-refractivity contribution in [2.75, 3.05) is 6.61 Å². The zero-order valence-electron chi connectivity index (χ0n) is 14.1. The van der Waals surface area contributed by atoms with Crippen LogP contribution in [0.4, 0.5) is 0 Å². The van der Waals surface area contributed by atoms with E-state index in [1.54, 1.807) is 0 Å². The lowest BCUT2D eigenvalue weighted by Crippen LogP contribution is -2.40. The Morgan fingerprint density at radius 2 is 1.38 bits per heavy atom. The predicted molar refractivity (Wildman–Crippen MR) is 99.8 cm³/mol. The first kappa shape index (κ1) is 16.5. The third-order valence-corrected chi connectivity index (χ3v) is 4.88. The van der Waals surface area contributed by atoms with E-state index in [2.05, 4.69) is 12.1 Å². The summed E-state index contributed by atoms with van der Waals surface area (Å²) in [5.41, 5.74) is 10.0. The number of fused-ring (bicyclic) bond motifs is 3. The molecule has 0 radical (unpaired) electrons. The highest BCUT2D eigenvalue weighted by atomic mass is 16.5. The van der Waals surface area contributed by atoms with E-state index in [9.17, 15) is 9.90 Å². The third kappa shape index (κ3) is 2.43. The van der Waals surface area contributed by atoms with Crippen LogP contribution < -0.4 is 5.73 Å². The summed E-state index contributed by atoms with van der Waals surface area (Å²) < 4.78 is 6.35. The Labute approximate surface area is 151 Å². The molecule has 1 atom stereocenters. The van der Waals surface area contributed by atoms with Gasteiger partial charge in [-0.1, -0.05) is 78.9 Å². The lowest BCUT2D eigenvalue weighted by atomic mass is 9.84. The fourth-order valence-corrected chi connectivity index (χ4v) is 3.70. The molecule has 0 heterocycles. The minimum atomic E-state index is -1.09. The van der Waals surface area contributed by atoms with Crippen LogP contribution in [0.2, 0.25) is 0 Å². The summed E-state index contributed by atoms with van der Waals surface area (Å²) in [6.45, 7) is -0.0904. The summed E-state index contributed by atoms with van der Waals surface area (Å²) in [6, 6.07) is 25.0. The number of carboxylic acid groups (broad SMARTS) is 1. The average Bonchev–Trinajstić information content (AvgIpc) is 2.98. The first-order valence-electron chi connectivity index (χ1n) is 8.52. The highest BCUT2D eigenvalue weighted by Gasteiger charge is 2.46. The van der Waals surface area contributed by atoms with Gasteiger partial charge < -0.3 is 15.6 Å². The number of hydrogen-bond donors (Lipinski definition) is 2. The summed E-state index contributed by atoms with van der Waals surface area (Å²) in [7, 11) is 0. The molecule has 1 aliphatic rings. The normalized spacial score (nSPS) is 15.1. The van der Waals surface area contributed by atoms with Crippen LogP contribution in [-0.4, -0.2) is 23.7 Å². The van der Waals surface area contributed by atoms with Crippen LogP contribution in [0.5, 0.6) is 0 Å². The Hall–Kier alpha value is -2.95. The summed E-state index contributed by atoms with van der Waals surface area (Å²) in [5, 5.41) is 9.20. The largest absolute Gasteiger partial charge is 0.480 e. The molecule has 0 fully saturated rings. The van der Waals surface area contributed by atoms with E-state index in [1.165, 1.54) is 0 Å². The molecule has 3 aromatic carbocycles. The van der Waals surface area contributed by atoms with Crippen molar-refractivity contribution < 1.29 is 14.6 Å². The summed E-state index contributed by atoms with van der Waals surface area (Å²) in [4.78, 5) is 11.2. The number of benzene rings is 3. The van der Waals surface area contributed by atoms with Crippen LogP contribution in [0.25, 0.3) is 11.1 Å². The lowest BCUT2D eigenvalue weighted by Gasteiger charge is -2.33. The van der Waals surface area contributed by atoms with E-state index in [4.69, 9.17) is 10.5 Å². The minimum Gasteiger partial charge on any atom is -0.480 e. The number of carbonyl (C=O) groups is 1. The molecule has 4 heteroatoms. The summed E-state index contributed by atoms with van der Waals surface area (Å²) in [5.74, 6) is -1.08.